The van der Waals surface area contributed by atoms with Crippen LogP contribution >= 0.6 is 15.9 Å². The Kier molecular flexibility index (Phi) is 3.91. The van der Waals surface area contributed by atoms with Gasteiger partial charge in [-0.05, 0) is 37.6 Å². The van der Waals surface area contributed by atoms with E-state index in [9.17, 15) is 0 Å². The van der Waals surface area contributed by atoms with Crippen LogP contribution < -0.4 is 5.73 Å². The van der Waals surface area contributed by atoms with E-state index < -0.39 is 0 Å². The predicted molar refractivity (Wildman–Crippen MR) is 69.4 cm³/mol. The Morgan fingerprint density at radius 2 is 2.06 bits per heavy atom. The fourth-order valence-electron chi connectivity index (χ4n) is 1.42. The van der Waals surface area contributed by atoms with Gasteiger partial charge in [-0.2, -0.15) is 4.98 Å². The van der Waals surface area contributed by atoms with E-state index in [4.69, 9.17) is 10.3 Å². The molecule has 17 heavy (non-hydrogen) atoms. The number of hydrogen-bond acceptors (Lipinski definition) is 4. The van der Waals surface area contributed by atoms with Crippen LogP contribution in [0.4, 0.5) is 0 Å². The molecule has 1 unspecified atom stereocenters. The van der Waals surface area contributed by atoms with Gasteiger partial charge in [0.2, 0.25) is 11.7 Å². The number of nitrogens with zero attached hydrogens (tertiary/aromatic N) is 2. The molecule has 1 atom stereocenters. The van der Waals surface area contributed by atoms with Crippen molar-refractivity contribution in [2.45, 2.75) is 25.8 Å². The summed E-state index contributed by atoms with van der Waals surface area (Å²) in [4.78, 5) is 4.33. The van der Waals surface area contributed by atoms with Crippen LogP contribution in [0.5, 0.6) is 0 Å². The highest BCUT2D eigenvalue weighted by molar-refractivity contribution is 9.10. The largest absolute Gasteiger partial charge is 0.339 e. The van der Waals surface area contributed by atoms with E-state index in [1.807, 2.05) is 31.2 Å². The van der Waals surface area contributed by atoms with Crippen LogP contribution in [-0.4, -0.2) is 16.2 Å². The van der Waals surface area contributed by atoms with E-state index in [0.717, 1.165) is 22.9 Å². The fourth-order valence-corrected chi connectivity index (χ4v) is 1.69. The van der Waals surface area contributed by atoms with Crippen molar-refractivity contribution in [3.05, 3.63) is 34.6 Å². The number of hydrogen-bond donors (Lipinski definition) is 1. The van der Waals surface area contributed by atoms with Crippen molar-refractivity contribution in [3.8, 4) is 11.4 Å². The quantitative estimate of drug-likeness (QED) is 0.942. The van der Waals surface area contributed by atoms with E-state index >= 15 is 0 Å². The molecule has 0 aliphatic rings. The second-order valence-electron chi connectivity index (χ2n) is 4.03. The van der Waals surface area contributed by atoms with Gasteiger partial charge < -0.3 is 10.3 Å². The molecule has 0 spiro atoms. The maximum Gasteiger partial charge on any atom is 0.227 e. The molecule has 0 aliphatic heterocycles. The number of benzene rings is 1. The molecule has 2 aromatic rings. The SMILES string of the molecule is CC(N)CCc1nc(-c2ccc(Br)cc2)no1. The van der Waals surface area contributed by atoms with Gasteiger partial charge in [0.15, 0.2) is 0 Å². The lowest BCUT2D eigenvalue weighted by molar-refractivity contribution is 0.372. The number of nitrogens with two attached hydrogens (primary N) is 1. The Morgan fingerprint density at radius 3 is 2.71 bits per heavy atom. The van der Waals surface area contributed by atoms with E-state index in [2.05, 4.69) is 26.1 Å². The molecule has 2 rings (SSSR count). The molecular formula is C12H14BrN3O. The summed E-state index contributed by atoms with van der Waals surface area (Å²) in [6.45, 7) is 1.96. The zero-order valence-electron chi connectivity index (χ0n) is 9.56. The van der Waals surface area contributed by atoms with E-state index in [0.29, 0.717) is 11.7 Å². The van der Waals surface area contributed by atoms with Gasteiger partial charge >= 0.3 is 0 Å². The van der Waals surface area contributed by atoms with Gasteiger partial charge in [-0.15, -0.1) is 0 Å². The maximum atomic E-state index is 5.68. The van der Waals surface area contributed by atoms with Crippen LogP contribution in [0.25, 0.3) is 11.4 Å². The number of aromatic nitrogens is 2. The Bertz CT molecular complexity index is 479. The van der Waals surface area contributed by atoms with Crippen molar-refractivity contribution in [2.75, 3.05) is 0 Å². The average Bonchev–Trinajstić information content (AvgIpc) is 2.76. The Morgan fingerprint density at radius 1 is 1.35 bits per heavy atom. The lowest BCUT2D eigenvalue weighted by atomic mass is 10.2. The molecule has 0 fully saturated rings. The minimum absolute atomic E-state index is 0.151. The molecule has 0 saturated heterocycles. The van der Waals surface area contributed by atoms with Crippen molar-refractivity contribution >= 4 is 15.9 Å². The van der Waals surface area contributed by atoms with E-state index in [1.165, 1.54) is 0 Å². The standard InChI is InChI=1S/C12H14BrN3O/c1-8(14)2-7-11-15-12(16-17-11)9-3-5-10(13)6-4-9/h3-6,8H,2,7,14H2,1H3. The summed E-state index contributed by atoms with van der Waals surface area (Å²) in [5.41, 5.74) is 6.63. The first-order chi connectivity index (χ1) is 8.15. The first-order valence-electron chi connectivity index (χ1n) is 5.49. The zero-order chi connectivity index (χ0) is 12.3. The van der Waals surface area contributed by atoms with Gasteiger partial charge in [0.1, 0.15) is 0 Å². The van der Waals surface area contributed by atoms with Crippen molar-refractivity contribution in [1.29, 1.82) is 0 Å². The van der Waals surface area contributed by atoms with Gasteiger partial charge in [0, 0.05) is 22.5 Å². The first kappa shape index (κ1) is 12.3. The van der Waals surface area contributed by atoms with Crippen LogP contribution in [0.3, 0.4) is 0 Å². The van der Waals surface area contributed by atoms with Gasteiger partial charge in [0.05, 0.1) is 0 Å². The third-order valence-electron chi connectivity index (χ3n) is 2.38. The van der Waals surface area contributed by atoms with Crippen LogP contribution in [0.1, 0.15) is 19.2 Å². The molecule has 0 aliphatic carbocycles. The van der Waals surface area contributed by atoms with Crippen molar-refractivity contribution < 1.29 is 4.52 Å². The number of aryl methyl sites for hydroxylation is 1. The first-order valence-corrected chi connectivity index (χ1v) is 6.28. The fraction of sp³-hybridized carbons (Fsp3) is 0.333. The van der Waals surface area contributed by atoms with Crippen LogP contribution in [0.15, 0.2) is 33.3 Å². The van der Waals surface area contributed by atoms with E-state index in [1.54, 1.807) is 0 Å². The molecule has 1 aromatic heterocycles. The van der Waals surface area contributed by atoms with E-state index in [-0.39, 0.29) is 6.04 Å². The summed E-state index contributed by atoms with van der Waals surface area (Å²) >= 11 is 3.39. The molecule has 0 radical (unpaired) electrons. The number of rotatable bonds is 4. The highest BCUT2D eigenvalue weighted by Gasteiger charge is 2.08. The molecule has 1 heterocycles. The summed E-state index contributed by atoms with van der Waals surface area (Å²) in [5.74, 6) is 1.26. The Balaban J connectivity index is 2.10. The molecule has 0 amide bonds. The normalized spacial score (nSPS) is 12.6. The third-order valence-corrected chi connectivity index (χ3v) is 2.91. The smallest absolute Gasteiger partial charge is 0.227 e. The summed E-state index contributed by atoms with van der Waals surface area (Å²) in [6.07, 6.45) is 1.57. The van der Waals surface area contributed by atoms with Crippen LogP contribution in [0.2, 0.25) is 0 Å². The average molecular weight is 296 g/mol. The molecule has 2 N–H and O–H groups in total. The van der Waals surface area contributed by atoms with Gasteiger partial charge in [-0.25, -0.2) is 0 Å². The Labute approximate surface area is 108 Å². The van der Waals surface area contributed by atoms with Gasteiger partial charge in [-0.3, -0.25) is 0 Å². The molecule has 90 valence electrons. The maximum absolute atomic E-state index is 5.68. The highest BCUT2D eigenvalue weighted by atomic mass is 79.9. The molecule has 0 saturated carbocycles. The molecular weight excluding hydrogens is 282 g/mol. The monoisotopic (exact) mass is 295 g/mol. The topological polar surface area (TPSA) is 64.9 Å². The second-order valence-corrected chi connectivity index (χ2v) is 4.95. The minimum atomic E-state index is 0.151. The summed E-state index contributed by atoms with van der Waals surface area (Å²) in [6, 6.07) is 7.95. The summed E-state index contributed by atoms with van der Waals surface area (Å²) < 4.78 is 6.20. The third kappa shape index (κ3) is 3.38. The van der Waals surface area contributed by atoms with Crippen molar-refractivity contribution in [2.24, 2.45) is 5.73 Å². The van der Waals surface area contributed by atoms with Gasteiger partial charge in [-0.1, -0.05) is 21.1 Å². The molecule has 0 bridgehead atoms. The van der Waals surface area contributed by atoms with Crippen molar-refractivity contribution in [1.82, 2.24) is 10.1 Å². The van der Waals surface area contributed by atoms with Gasteiger partial charge in [0.25, 0.3) is 0 Å². The molecule has 4 nitrogen and oxygen atoms in total. The Hall–Kier alpha value is -1.20. The molecule has 1 aromatic carbocycles. The van der Waals surface area contributed by atoms with Crippen LogP contribution in [-0.2, 0) is 6.42 Å². The lowest BCUT2D eigenvalue weighted by Crippen LogP contribution is -2.15. The number of halogens is 1. The summed E-state index contributed by atoms with van der Waals surface area (Å²) in [7, 11) is 0. The predicted octanol–water partition coefficient (Wildman–Crippen LogP) is 2.78. The molecule has 5 heteroatoms. The minimum Gasteiger partial charge on any atom is -0.339 e. The zero-order valence-corrected chi connectivity index (χ0v) is 11.1. The summed E-state index contributed by atoms with van der Waals surface area (Å²) in [5, 5.41) is 3.95. The van der Waals surface area contributed by atoms with Crippen molar-refractivity contribution in [3.63, 3.8) is 0 Å². The van der Waals surface area contributed by atoms with Crippen LogP contribution in [0, 0.1) is 0 Å². The highest BCUT2D eigenvalue weighted by Crippen LogP contribution is 2.19. The lowest BCUT2D eigenvalue weighted by Gasteiger charge is -1.99. The second kappa shape index (κ2) is 5.42.